The van der Waals surface area contributed by atoms with Gasteiger partial charge in [-0.15, -0.1) is 9.13 Å². The molecule has 152 valence electrons. The SMILES string of the molecule is CC(C)(C)c1ccc2c3c1Oc1ccc4ccc5ccc[n+]6c5c4c1C36[n+]1ccccc1-2. The van der Waals surface area contributed by atoms with Gasteiger partial charge in [-0.25, -0.2) is 0 Å². The van der Waals surface area contributed by atoms with Crippen LogP contribution in [0.25, 0.3) is 32.9 Å². The maximum atomic E-state index is 6.84. The van der Waals surface area contributed by atoms with Crippen molar-refractivity contribution in [1.29, 1.82) is 0 Å². The molecule has 32 heavy (non-hydrogen) atoms. The lowest BCUT2D eigenvalue weighted by Crippen LogP contribution is -2.72. The number of pyridine rings is 2. The zero-order valence-corrected chi connectivity index (χ0v) is 18.3. The van der Waals surface area contributed by atoms with Gasteiger partial charge in [0.05, 0.1) is 10.9 Å². The molecule has 3 aromatic carbocycles. The van der Waals surface area contributed by atoms with Crippen LogP contribution in [0.4, 0.5) is 0 Å². The van der Waals surface area contributed by atoms with Gasteiger partial charge in [0.15, 0.2) is 23.5 Å². The summed E-state index contributed by atoms with van der Waals surface area (Å²) in [5.41, 5.74) is 7.05. The van der Waals surface area contributed by atoms with E-state index in [0.717, 1.165) is 11.5 Å². The molecule has 3 aliphatic rings. The lowest BCUT2D eigenvalue weighted by molar-refractivity contribution is -0.950. The van der Waals surface area contributed by atoms with Gasteiger partial charge in [-0.05, 0) is 41.1 Å². The van der Waals surface area contributed by atoms with Gasteiger partial charge in [0.25, 0.3) is 0 Å². The number of fused-ring (bicyclic) bond motifs is 2. The molecule has 8 rings (SSSR count). The number of hydrogen-bond donors (Lipinski definition) is 0. The summed E-state index contributed by atoms with van der Waals surface area (Å²) < 4.78 is 11.8. The molecule has 0 saturated heterocycles. The third-order valence-corrected chi connectivity index (χ3v) is 7.61. The molecule has 3 heteroatoms. The van der Waals surface area contributed by atoms with E-state index >= 15 is 0 Å². The Morgan fingerprint density at radius 3 is 2.44 bits per heavy atom. The third-order valence-electron chi connectivity index (χ3n) is 7.61. The van der Waals surface area contributed by atoms with Gasteiger partial charge in [0.2, 0.25) is 11.2 Å². The predicted molar refractivity (Wildman–Crippen MR) is 124 cm³/mol. The van der Waals surface area contributed by atoms with Crippen LogP contribution in [0.15, 0.2) is 79.1 Å². The fraction of sp³-hybridized carbons (Fsp3) is 0.172. The average molecular weight is 415 g/mol. The Labute approximate surface area is 186 Å². The van der Waals surface area contributed by atoms with Crippen molar-refractivity contribution >= 4 is 21.7 Å². The van der Waals surface area contributed by atoms with Crippen LogP contribution >= 0.6 is 0 Å². The molecule has 0 amide bonds. The highest BCUT2D eigenvalue weighted by Gasteiger charge is 2.70. The summed E-state index contributed by atoms with van der Waals surface area (Å²) >= 11 is 0. The second-order valence-electron chi connectivity index (χ2n) is 10.3. The molecule has 3 aliphatic heterocycles. The molecular formula is C29H22N2O+2. The van der Waals surface area contributed by atoms with Crippen molar-refractivity contribution in [3.63, 3.8) is 0 Å². The summed E-state index contributed by atoms with van der Waals surface area (Å²) in [6.45, 7) is 6.81. The molecule has 0 N–H and O–H groups in total. The zero-order valence-electron chi connectivity index (χ0n) is 18.3. The molecule has 5 aromatic rings. The zero-order chi connectivity index (χ0) is 21.4. The van der Waals surface area contributed by atoms with Crippen molar-refractivity contribution < 1.29 is 13.9 Å². The molecule has 1 spiro atoms. The van der Waals surface area contributed by atoms with Crippen LogP contribution in [0.1, 0.15) is 37.5 Å². The van der Waals surface area contributed by atoms with E-state index in [9.17, 15) is 0 Å². The third kappa shape index (κ3) is 1.61. The number of nitrogens with zero attached hydrogens (tertiary/aromatic N) is 2. The van der Waals surface area contributed by atoms with Gasteiger partial charge < -0.3 is 4.74 Å². The minimum atomic E-state index is -0.473. The molecule has 0 saturated carbocycles. The largest absolute Gasteiger partial charge is 0.455 e. The van der Waals surface area contributed by atoms with Crippen LogP contribution in [0.2, 0.25) is 0 Å². The summed E-state index contributed by atoms with van der Waals surface area (Å²) in [6, 6.07) is 24.4. The Morgan fingerprint density at radius 2 is 1.56 bits per heavy atom. The Balaban J connectivity index is 1.70. The molecule has 0 radical (unpaired) electrons. The lowest BCUT2D eigenvalue weighted by Gasteiger charge is -2.30. The molecule has 3 nitrogen and oxygen atoms in total. The number of benzene rings is 3. The summed E-state index contributed by atoms with van der Waals surface area (Å²) in [7, 11) is 0. The first kappa shape index (κ1) is 16.9. The second-order valence-corrected chi connectivity index (χ2v) is 10.3. The average Bonchev–Trinajstić information content (AvgIpc) is 3.28. The number of ether oxygens (including phenoxy) is 1. The molecule has 0 aliphatic carbocycles. The summed E-state index contributed by atoms with van der Waals surface area (Å²) in [5, 5.41) is 3.83. The van der Waals surface area contributed by atoms with Crippen LogP contribution in [0.3, 0.4) is 0 Å². The van der Waals surface area contributed by atoms with Crippen molar-refractivity contribution in [1.82, 2.24) is 0 Å². The number of aromatic nitrogens is 2. The first-order chi connectivity index (χ1) is 15.5. The summed E-state index contributed by atoms with van der Waals surface area (Å²) in [5.74, 6) is 1.98. The quantitative estimate of drug-likeness (QED) is 0.234. The number of hydrogen-bond acceptors (Lipinski definition) is 1. The molecular weight excluding hydrogens is 392 g/mol. The monoisotopic (exact) mass is 414 g/mol. The molecule has 1 unspecified atom stereocenters. The van der Waals surface area contributed by atoms with Gasteiger partial charge in [0, 0.05) is 29.1 Å². The fourth-order valence-electron chi connectivity index (χ4n) is 6.42. The first-order valence-corrected chi connectivity index (χ1v) is 11.3. The lowest BCUT2D eigenvalue weighted by atomic mass is 9.79. The van der Waals surface area contributed by atoms with Gasteiger partial charge in [0.1, 0.15) is 11.5 Å². The molecule has 0 fully saturated rings. The Morgan fingerprint density at radius 1 is 0.750 bits per heavy atom. The molecule has 2 aromatic heterocycles. The first-order valence-electron chi connectivity index (χ1n) is 11.3. The van der Waals surface area contributed by atoms with Gasteiger partial charge >= 0.3 is 5.66 Å². The highest BCUT2D eigenvalue weighted by molar-refractivity contribution is 6.08. The predicted octanol–water partition coefficient (Wildman–Crippen LogP) is 5.56. The van der Waals surface area contributed by atoms with Crippen LogP contribution in [0, 0.1) is 0 Å². The van der Waals surface area contributed by atoms with Crippen LogP contribution in [-0.2, 0) is 11.1 Å². The Bertz CT molecular complexity index is 1690. The second kappa shape index (κ2) is 5.02. The minimum Gasteiger partial charge on any atom is -0.455 e. The maximum Gasteiger partial charge on any atom is 0.425 e. The van der Waals surface area contributed by atoms with Gasteiger partial charge in [-0.1, -0.05) is 39.0 Å². The molecule has 5 heterocycles. The van der Waals surface area contributed by atoms with Crippen molar-refractivity contribution in [3.05, 3.63) is 95.8 Å². The molecule has 0 bridgehead atoms. The van der Waals surface area contributed by atoms with E-state index in [0.29, 0.717) is 0 Å². The smallest absolute Gasteiger partial charge is 0.425 e. The van der Waals surface area contributed by atoms with E-state index in [1.54, 1.807) is 0 Å². The van der Waals surface area contributed by atoms with Crippen molar-refractivity contribution in [3.8, 4) is 22.8 Å². The standard InChI is InChI=1S/C29H22N2O/c1-28(2,3)20-13-12-19-21-8-4-5-15-30(21)29-24(19)27(20)32-22-14-11-17-9-10-18-7-6-16-31(29)26(18)23(17)25(22)29/h4-16H,1-3H3/q+2. The van der Waals surface area contributed by atoms with E-state index < -0.39 is 5.66 Å². The van der Waals surface area contributed by atoms with E-state index in [2.05, 4.69) is 109 Å². The van der Waals surface area contributed by atoms with E-state index in [1.807, 2.05) is 0 Å². The summed E-state index contributed by atoms with van der Waals surface area (Å²) in [6.07, 6.45) is 4.49. The topological polar surface area (TPSA) is 17.0 Å². The Hall–Kier alpha value is -3.72. The van der Waals surface area contributed by atoms with Crippen LogP contribution in [0.5, 0.6) is 11.5 Å². The van der Waals surface area contributed by atoms with E-state index in [1.165, 1.54) is 49.6 Å². The van der Waals surface area contributed by atoms with Gasteiger partial charge in [-0.2, -0.15) is 0 Å². The van der Waals surface area contributed by atoms with E-state index in [4.69, 9.17) is 4.74 Å². The minimum absolute atomic E-state index is 0.0330. The van der Waals surface area contributed by atoms with Gasteiger partial charge in [-0.3, -0.25) is 0 Å². The Kier molecular flexibility index (Phi) is 2.65. The highest BCUT2D eigenvalue weighted by Crippen LogP contribution is 2.58. The number of rotatable bonds is 0. The van der Waals surface area contributed by atoms with Crippen LogP contribution < -0.4 is 13.9 Å². The maximum absolute atomic E-state index is 6.84. The van der Waals surface area contributed by atoms with E-state index in [-0.39, 0.29) is 5.41 Å². The summed E-state index contributed by atoms with van der Waals surface area (Å²) in [4.78, 5) is 0. The molecule has 1 atom stereocenters. The highest BCUT2D eigenvalue weighted by atomic mass is 16.5. The van der Waals surface area contributed by atoms with Crippen molar-refractivity contribution in [2.45, 2.75) is 31.8 Å². The van der Waals surface area contributed by atoms with Crippen LogP contribution in [-0.4, -0.2) is 0 Å². The fourth-order valence-corrected chi connectivity index (χ4v) is 6.42. The van der Waals surface area contributed by atoms with Crippen molar-refractivity contribution in [2.24, 2.45) is 0 Å². The van der Waals surface area contributed by atoms with Crippen molar-refractivity contribution in [2.75, 3.05) is 0 Å². The normalized spacial score (nSPS) is 18.8.